The van der Waals surface area contributed by atoms with Gasteiger partial charge in [-0.25, -0.2) is 0 Å². The van der Waals surface area contributed by atoms with Crippen LogP contribution in [0.3, 0.4) is 0 Å². The van der Waals surface area contributed by atoms with Gasteiger partial charge in [0.1, 0.15) is 17.2 Å². The van der Waals surface area contributed by atoms with Crippen LogP contribution >= 0.6 is 0 Å². The van der Waals surface area contributed by atoms with Gasteiger partial charge in [0.2, 0.25) is 0 Å². The Morgan fingerprint density at radius 3 is 2.85 bits per heavy atom. The van der Waals surface area contributed by atoms with Crippen molar-refractivity contribution in [2.24, 2.45) is 0 Å². The number of rotatable bonds is 5. The fourth-order valence-electron chi connectivity index (χ4n) is 1.90. The largest absolute Gasteiger partial charge is 0.464 e. The van der Waals surface area contributed by atoms with Crippen molar-refractivity contribution in [2.45, 2.75) is 26.8 Å². The summed E-state index contributed by atoms with van der Waals surface area (Å²) >= 11 is 0. The first-order valence-electron chi connectivity index (χ1n) is 6.67. The molecule has 1 unspecified atom stereocenters. The maximum absolute atomic E-state index is 12.1. The molecule has 0 aliphatic heterocycles. The number of nitrogens with zero attached hydrogens (tertiary/aromatic N) is 1. The Bertz CT molecular complexity index is 592. The zero-order valence-corrected chi connectivity index (χ0v) is 11.9. The molecule has 5 nitrogen and oxygen atoms in total. The Labute approximate surface area is 118 Å². The number of hydrogen-bond donors (Lipinski definition) is 2. The molecule has 0 saturated heterocycles. The lowest BCUT2D eigenvalue weighted by Gasteiger charge is -2.11. The fraction of sp³-hybridized carbons (Fsp3) is 0.333. The molecule has 20 heavy (non-hydrogen) atoms. The number of amides is 1. The Hall–Kier alpha value is -2.30. The number of hydrogen-bond acceptors (Lipinski definition) is 4. The average Bonchev–Trinajstić information content (AvgIpc) is 2.86. The van der Waals surface area contributed by atoms with E-state index in [1.807, 2.05) is 39.0 Å². The molecule has 0 aromatic carbocycles. The molecule has 5 heteroatoms. The summed E-state index contributed by atoms with van der Waals surface area (Å²) in [5.74, 6) is 1.35. The minimum atomic E-state index is -0.216. The molecule has 106 valence electrons. The second-order valence-electron chi connectivity index (χ2n) is 4.60. The van der Waals surface area contributed by atoms with Crippen LogP contribution in [0.25, 0.3) is 0 Å². The lowest BCUT2D eigenvalue weighted by Crippen LogP contribution is -2.27. The molecule has 0 bridgehead atoms. The second-order valence-corrected chi connectivity index (χ2v) is 4.60. The van der Waals surface area contributed by atoms with Crippen molar-refractivity contribution in [3.05, 3.63) is 47.7 Å². The molecule has 2 heterocycles. The Kier molecular flexibility index (Phi) is 4.40. The van der Waals surface area contributed by atoms with Crippen LogP contribution in [0.2, 0.25) is 0 Å². The van der Waals surface area contributed by atoms with Crippen LogP contribution in [0.15, 0.2) is 34.9 Å². The fourth-order valence-corrected chi connectivity index (χ4v) is 1.90. The van der Waals surface area contributed by atoms with Gasteiger partial charge in [0.05, 0.1) is 6.04 Å². The molecule has 0 spiro atoms. The summed E-state index contributed by atoms with van der Waals surface area (Å²) in [6.07, 6.45) is 1.62. The molecule has 2 aromatic rings. The zero-order chi connectivity index (χ0) is 14.5. The number of nitrogens with one attached hydrogen (secondary N) is 2. The van der Waals surface area contributed by atoms with Gasteiger partial charge < -0.3 is 15.1 Å². The number of aromatic nitrogens is 1. The van der Waals surface area contributed by atoms with Gasteiger partial charge in [0, 0.05) is 18.4 Å². The number of furan rings is 1. The molecule has 0 fully saturated rings. The van der Waals surface area contributed by atoms with Crippen molar-refractivity contribution in [1.29, 1.82) is 0 Å². The number of carbonyl (C=O) groups is 1. The molecule has 2 N–H and O–H groups in total. The molecule has 1 atom stereocenters. The SMILES string of the molecule is CCNc1ccnc(C(=O)NC(C)c2ccc(C)o2)c1. The van der Waals surface area contributed by atoms with Gasteiger partial charge in [-0.2, -0.15) is 0 Å². The van der Waals surface area contributed by atoms with E-state index in [1.54, 1.807) is 12.3 Å². The maximum Gasteiger partial charge on any atom is 0.270 e. The summed E-state index contributed by atoms with van der Waals surface area (Å²) in [5, 5.41) is 6.02. The van der Waals surface area contributed by atoms with E-state index in [0.717, 1.165) is 23.8 Å². The van der Waals surface area contributed by atoms with Gasteiger partial charge >= 0.3 is 0 Å². The van der Waals surface area contributed by atoms with Crippen LogP contribution in [0.4, 0.5) is 5.69 Å². The third-order valence-corrected chi connectivity index (χ3v) is 2.91. The molecule has 2 aromatic heterocycles. The average molecular weight is 273 g/mol. The summed E-state index contributed by atoms with van der Waals surface area (Å²) in [4.78, 5) is 16.2. The van der Waals surface area contributed by atoms with Crippen molar-refractivity contribution in [3.8, 4) is 0 Å². The summed E-state index contributed by atoms with van der Waals surface area (Å²) in [6.45, 7) is 6.55. The van der Waals surface area contributed by atoms with E-state index in [4.69, 9.17) is 4.42 Å². The highest BCUT2D eigenvalue weighted by Gasteiger charge is 2.15. The van der Waals surface area contributed by atoms with Gasteiger partial charge in [-0.3, -0.25) is 9.78 Å². The monoisotopic (exact) mass is 273 g/mol. The smallest absolute Gasteiger partial charge is 0.270 e. The van der Waals surface area contributed by atoms with Gasteiger partial charge in [-0.15, -0.1) is 0 Å². The zero-order valence-electron chi connectivity index (χ0n) is 11.9. The lowest BCUT2D eigenvalue weighted by atomic mass is 10.2. The minimum Gasteiger partial charge on any atom is -0.464 e. The molecular weight excluding hydrogens is 254 g/mol. The standard InChI is InChI=1S/C15H19N3O2/c1-4-16-12-7-8-17-13(9-12)15(19)18-11(3)14-6-5-10(2)20-14/h5-9,11H,4H2,1-3H3,(H,16,17)(H,18,19). The van der Waals surface area contributed by atoms with E-state index in [0.29, 0.717) is 5.69 Å². The third-order valence-electron chi connectivity index (χ3n) is 2.91. The Morgan fingerprint density at radius 1 is 1.40 bits per heavy atom. The number of aryl methyl sites for hydroxylation is 1. The van der Waals surface area contributed by atoms with Crippen LogP contribution in [0.5, 0.6) is 0 Å². The normalized spacial score (nSPS) is 11.9. The topological polar surface area (TPSA) is 67.2 Å². The van der Waals surface area contributed by atoms with E-state index in [1.165, 1.54) is 0 Å². The quantitative estimate of drug-likeness (QED) is 0.879. The van der Waals surface area contributed by atoms with Crippen LogP contribution < -0.4 is 10.6 Å². The van der Waals surface area contributed by atoms with E-state index in [-0.39, 0.29) is 11.9 Å². The molecule has 0 aliphatic carbocycles. The Balaban J connectivity index is 2.06. The van der Waals surface area contributed by atoms with E-state index in [9.17, 15) is 4.79 Å². The first-order valence-corrected chi connectivity index (χ1v) is 6.67. The van der Waals surface area contributed by atoms with Crippen LogP contribution in [0, 0.1) is 6.92 Å². The molecular formula is C15H19N3O2. The van der Waals surface area contributed by atoms with Crippen molar-refractivity contribution in [3.63, 3.8) is 0 Å². The highest BCUT2D eigenvalue weighted by Crippen LogP contribution is 2.16. The van der Waals surface area contributed by atoms with Crippen molar-refractivity contribution in [1.82, 2.24) is 10.3 Å². The van der Waals surface area contributed by atoms with Crippen molar-refractivity contribution >= 4 is 11.6 Å². The van der Waals surface area contributed by atoms with Crippen molar-refractivity contribution < 1.29 is 9.21 Å². The first-order chi connectivity index (χ1) is 9.60. The van der Waals surface area contributed by atoms with Crippen molar-refractivity contribution in [2.75, 3.05) is 11.9 Å². The maximum atomic E-state index is 12.1. The Morgan fingerprint density at radius 2 is 2.20 bits per heavy atom. The number of carbonyl (C=O) groups excluding carboxylic acids is 1. The highest BCUT2D eigenvalue weighted by molar-refractivity contribution is 5.93. The van der Waals surface area contributed by atoms with Gasteiger partial charge in [-0.05, 0) is 45.0 Å². The van der Waals surface area contributed by atoms with Crippen LogP contribution in [-0.4, -0.2) is 17.4 Å². The summed E-state index contributed by atoms with van der Waals surface area (Å²) in [7, 11) is 0. The predicted octanol–water partition coefficient (Wildman–Crippen LogP) is 2.91. The van der Waals surface area contributed by atoms with Crippen LogP contribution in [0.1, 0.15) is 41.9 Å². The number of pyridine rings is 1. The van der Waals surface area contributed by atoms with E-state index in [2.05, 4.69) is 15.6 Å². The molecule has 2 rings (SSSR count). The number of anilines is 1. The summed E-state index contributed by atoms with van der Waals surface area (Å²) < 4.78 is 5.50. The minimum absolute atomic E-state index is 0.194. The predicted molar refractivity (Wildman–Crippen MR) is 77.7 cm³/mol. The van der Waals surface area contributed by atoms with Crippen LogP contribution in [-0.2, 0) is 0 Å². The molecule has 0 saturated carbocycles. The van der Waals surface area contributed by atoms with E-state index >= 15 is 0 Å². The molecule has 0 aliphatic rings. The van der Waals surface area contributed by atoms with Gasteiger partial charge in [0.15, 0.2) is 0 Å². The second kappa shape index (κ2) is 6.23. The summed E-state index contributed by atoms with van der Waals surface area (Å²) in [6, 6.07) is 7.12. The van der Waals surface area contributed by atoms with Gasteiger partial charge in [-0.1, -0.05) is 0 Å². The third kappa shape index (κ3) is 3.38. The summed E-state index contributed by atoms with van der Waals surface area (Å²) in [5.41, 5.74) is 1.27. The highest BCUT2D eigenvalue weighted by atomic mass is 16.3. The molecule has 0 radical (unpaired) electrons. The van der Waals surface area contributed by atoms with Gasteiger partial charge in [0.25, 0.3) is 5.91 Å². The molecule has 1 amide bonds. The van der Waals surface area contributed by atoms with E-state index < -0.39 is 0 Å². The lowest BCUT2D eigenvalue weighted by molar-refractivity contribution is 0.0930. The first kappa shape index (κ1) is 14.1.